The van der Waals surface area contributed by atoms with Crippen molar-refractivity contribution in [1.82, 2.24) is 0 Å². The van der Waals surface area contributed by atoms with Crippen molar-refractivity contribution in [2.75, 3.05) is 119 Å². The molecule has 0 aliphatic rings. The van der Waals surface area contributed by atoms with Crippen LogP contribution < -0.4 is 4.74 Å². The molecule has 0 aliphatic carbocycles. The van der Waals surface area contributed by atoms with Gasteiger partial charge in [0.25, 0.3) is 0 Å². The zero-order chi connectivity index (χ0) is 31.1. The smallest absolute Gasteiger partial charge is 0.119 e. The van der Waals surface area contributed by atoms with E-state index in [9.17, 15) is 0 Å². The van der Waals surface area contributed by atoms with Gasteiger partial charge < -0.3 is 47.7 Å². The summed E-state index contributed by atoms with van der Waals surface area (Å²) in [5, 5.41) is 8.58. The van der Waals surface area contributed by atoms with E-state index < -0.39 is 0 Å². The second kappa shape index (κ2) is 29.4. The van der Waals surface area contributed by atoms with E-state index in [1.54, 1.807) is 0 Å². The molecule has 43 heavy (non-hydrogen) atoms. The van der Waals surface area contributed by atoms with Crippen LogP contribution in [0.1, 0.15) is 58.4 Å². The van der Waals surface area contributed by atoms with Gasteiger partial charge in [-0.2, -0.15) is 0 Å². The van der Waals surface area contributed by atoms with Gasteiger partial charge in [0.15, 0.2) is 0 Å². The van der Waals surface area contributed by atoms with Crippen molar-refractivity contribution in [3.05, 3.63) is 29.8 Å². The average Bonchev–Trinajstić information content (AvgIpc) is 3.03. The molecular weight excluding hydrogens is 556 g/mol. The average molecular weight is 617 g/mol. The predicted molar refractivity (Wildman–Crippen MR) is 167 cm³/mol. The van der Waals surface area contributed by atoms with E-state index in [1.165, 1.54) is 31.2 Å². The largest absolute Gasteiger partial charge is 0.491 e. The van der Waals surface area contributed by atoms with Crippen LogP contribution in [0.5, 0.6) is 5.75 Å². The zero-order valence-corrected chi connectivity index (χ0v) is 27.2. The third-order valence-electron chi connectivity index (χ3n) is 7.00. The highest BCUT2D eigenvalue weighted by atomic mass is 16.6. The molecule has 1 rings (SSSR count). The van der Waals surface area contributed by atoms with Gasteiger partial charge in [-0.15, -0.1) is 0 Å². The molecule has 1 atom stereocenters. The second-order valence-electron chi connectivity index (χ2n) is 10.4. The lowest BCUT2D eigenvalue weighted by atomic mass is 9.76. The molecule has 0 aromatic heterocycles. The molecule has 0 bridgehead atoms. The molecule has 10 heteroatoms. The van der Waals surface area contributed by atoms with Crippen LogP contribution in [0.15, 0.2) is 24.3 Å². The molecule has 0 saturated heterocycles. The molecular formula is C33H60O10. The van der Waals surface area contributed by atoms with Gasteiger partial charge in [0.2, 0.25) is 0 Å². The minimum Gasteiger partial charge on any atom is -0.491 e. The van der Waals surface area contributed by atoms with Crippen LogP contribution in [0.25, 0.3) is 0 Å². The molecule has 1 N–H and O–H groups in total. The molecule has 0 radical (unpaired) electrons. The molecule has 0 spiro atoms. The first-order valence-corrected chi connectivity index (χ1v) is 16.1. The Kier molecular flexibility index (Phi) is 27.1. The summed E-state index contributed by atoms with van der Waals surface area (Å²) in [7, 11) is 0. The van der Waals surface area contributed by atoms with Crippen molar-refractivity contribution >= 4 is 0 Å². The molecule has 0 amide bonds. The van der Waals surface area contributed by atoms with Crippen LogP contribution in [0.4, 0.5) is 0 Å². The fraction of sp³-hybridized carbons (Fsp3) is 0.818. The summed E-state index contributed by atoms with van der Waals surface area (Å²) in [4.78, 5) is 0. The van der Waals surface area contributed by atoms with Gasteiger partial charge in [0.05, 0.1) is 112 Å². The zero-order valence-electron chi connectivity index (χ0n) is 27.2. The molecule has 1 unspecified atom stereocenters. The number of benzene rings is 1. The Morgan fingerprint density at radius 2 is 0.884 bits per heavy atom. The second-order valence-corrected chi connectivity index (χ2v) is 10.4. The van der Waals surface area contributed by atoms with Gasteiger partial charge >= 0.3 is 0 Å². The number of hydrogen-bond donors (Lipinski definition) is 1. The Morgan fingerprint density at radius 1 is 0.512 bits per heavy atom. The van der Waals surface area contributed by atoms with E-state index >= 15 is 0 Å². The van der Waals surface area contributed by atoms with E-state index in [1.807, 2.05) is 0 Å². The number of aliphatic hydroxyl groups excluding tert-OH is 1. The molecule has 1 aromatic rings. The lowest BCUT2D eigenvalue weighted by Crippen LogP contribution is -2.20. The third kappa shape index (κ3) is 22.8. The molecule has 252 valence electrons. The van der Waals surface area contributed by atoms with E-state index in [0.717, 1.165) is 12.2 Å². The lowest BCUT2D eigenvalue weighted by Gasteiger charge is -2.29. The van der Waals surface area contributed by atoms with Gasteiger partial charge in [-0.05, 0) is 36.0 Å². The Bertz CT molecular complexity index is 705. The van der Waals surface area contributed by atoms with Crippen molar-refractivity contribution in [2.24, 2.45) is 0 Å². The topological polar surface area (TPSA) is 103 Å². The molecule has 0 aliphatic heterocycles. The van der Waals surface area contributed by atoms with Crippen molar-refractivity contribution in [3.8, 4) is 5.75 Å². The number of aliphatic hydroxyl groups is 1. The first-order chi connectivity index (χ1) is 21.2. The van der Waals surface area contributed by atoms with Gasteiger partial charge in [0.1, 0.15) is 12.4 Å². The monoisotopic (exact) mass is 616 g/mol. The number of unbranched alkanes of at least 4 members (excludes halogenated alkanes) is 2. The van der Waals surface area contributed by atoms with E-state index in [2.05, 4.69) is 45.0 Å². The van der Waals surface area contributed by atoms with E-state index in [0.29, 0.717) is 112 Å². The first-order valence-electron chi connectivity index (χ1n) is 16.1. The standard InChI is InChI=1S/C33H60O10/c1-4-6-7-12-33(3,5-2)31-8-10-32(11-9-31)43-30-29-42-28-27-41-26-25-40-24-23-39-22-21-38-20-19-37-18-17-36-16-15-35-14-13-34/h8-11,34H,4-7,12-30H2,1-3H3. The fourth-order valence-corrected chi connectivity index (χ4v) is 4.17. The highest BCUT2D eigenvalue weighted by molar-refractivity contribution is 5.32. The first kappa shape index (κ1) is 39.7. The number of rotatable bonds is 33. The molecule has 10 nitrogen and oxygen atoms in total. The molecule has 1 aromatic carbocycles. The van der Waals surface area contributed by atoms with Crippen molar-refractivity contribution in [3.63, 3.8) is 0 Å². The lowest BCUT2D eigenvalue weighted by molar-refractivity contribution is -0.0242. The van der Waals surface area contributed by atoms with Gasteiger partial charge in [0, 0.05) is 0 Å². The highest BCUT2D eigenvalue weighted by Gasteiger charge is 2.23. The summed E-state index contributed by atoms with van der Waals surface area (Å²) in [5.74, 6) is 0.880. The Labute approximate surface area is 260 Å². The normalized spacial score (nSPS) is 12.9. The minimum atomic E-state index is 0.0291. The summed E-state index contributed by atoms with van der Waals surface area (Å²) < 4.78 is 49.2. The predicted octanol–water partition coefficient (Wildman–Crippen LogP) is 4.44. The van der Waals surface area contributed by atoms with Gasteiger partial charge in [-0.3, -0.25) is 0 Å². The maximum atomic E-state index is 8.58. The summed E-state index contributed by atoms with van der Waals surface area (Å²) in [6.45, 7) is 15.5. The van der Waals surface area contributed by atoms with Gasteiger partial charge in [-0.1, -0.05) is 52.2 Å². The van der Waals surface area contributed by atoms with Crippen LogP contribution in [0, 0.1) is 0 Å². The highest BCUT2D eigenvalue weighted by Crippen LogP contribution is 2.34. The van der Waals surface area contributed by atoms with Crippen molar-refractivity contribution in [1.29, 1.82) is 0 Å². The molecule has 0 fully saturated rings. The quantitative estimate of drug-likeness (QED) is 0.114. The van der Waals surface area contributed by atoms with Crippen LogP contribution in [-0.4, -0.2) is 124 Å². The van der Waals surface area contributed by atoms with Crippen molar-refractivity contribution < 1.29 is 47.7 Å². The maximum Gasteiger partial charge on any atom is 0.119 e. The fourth-order valence-electron chi connectivity index (χ4n) is 4.17. The Balaban J connectivity index is 1.82. The number of hydrogen-bond acceptors (Lipinski definition) is 10. The van der Waals surface area contributed by atoms with Crippen LogP contribution in [-0.2, 0) is 43.3 Å². The Hall–Kier alpha value is -1.34. The number of ether oxygens (including phenoxy) is 9. The van der Waals surface area contributed by atoms with E-state index in [-0.39, 0.29) is 12.0 Å². The van der Waals surface area contributed by atoms with E-state index in [4.69, 9.17) is 47.7 Å². The summed E-state index contributed by atoms with van der Waals surface area (Å²) in [6, 6.07) is 8.57. The minimum absolute atomic E-state index is 0.0291. The SMILES string of the molecule is CCCCCC(C)(CC)c1ccc(OCCOCCOCCOCCOCCOCCOCCOCCOCCO)cc1. The summed E-state index contributed by atoms with van der Waals surface area (Å²) in [6.07, 6.45) is 6.20. The van der Waals surface area contributed by atoms with Gasteiger partial charge in [-0.25, -0.2) is 0 Å². The third-order valence-corrected chi connectivity index (χ3v) is 7.00. The van der Waals surface area contributed by atoms with Crippen LogP contribution >= 0.6 is 0 Å². The van der Waals surface area contributed by atoms with Crippen molar-refractivity contribution in [2.45, 2.75) is 58.3 Å². The summed E-state index contributed by atoms with van der Waals surface area (Å²) in [5.41, 5.74) is 1.63. The maximum absolute atomic E-state index is 8.58. The summed E-state index contributed by atoms with van der Waals surface area (Å²) >= 11 is 0. The molecule has 0 saturated carbocycles. The van der Waals surface area contributed by atoms with Crippen LogP contribution in [0.2, 0.25) is 0 Å². The van der Waals surface area contributed by atoms with Crippen LogP contribution in [0.3, 0.4) is 0 Å². The molecule has 0 heterocycles. The Morgan fingerprint density at radius 3 is 1.23 bits per heavy atom.